The number of ether oxygens (including phenoxy) is 1. The van der Waals surface area contributed by atoms with E-state index in [-0.39, 0.29) is 6.04 Å². The zero-order chi connectivity index (χ0) is 17.1. The van der Waals surface area contributed by atoms with Crippen molar-refractivity contribution in [2.24, 2.45) is 0 Å². The monoisotopic (exact) mass is 323 g/mol. The number of aromatic nitrogens is 2. The minimum absolute atomic E-state index is 0.195. The molecule has 126 valence electrons. The zero-order valence-corrected chi connectivity index (χ0v) is 14.9. The summed E-state index contributed by atoms with van der Waals surface area (Å²) in [5.74, 6) is 0.943. The molecule has 0 saturated heterocycles. The lowest BCUT2D eigenvalue weighted by atomic mass is 10.1. The Bertz CT molecular complexity index is 755. The Morgan fingerprint density at radius 1 is 1.25 bits per heavy atom. The second kappa shape index (κ2) is 6.95. The van der Waals surface area contributed by atoms with Crippen LogP contribution in [0, 0.1) is 6.92 Å². The number of allylic oxidation sites excluding steroid dienone is 1. The van der Waals surface area contributed by atoms with Gasteiger partial charge in [-0.25, -0.2) is 0 Å². The van der Waals surface area contributed by atoms with Gasteiger partial charge in [0.05, 0.1) is 18.8 Å². The van der Waals surface area contributed by atoms with E-state index in [4.69, 9.17) is 4.74 Å². The quantitative estimate of drug-likeness (QED) is 0.833. The van der Waals surface area contributed by atoms with Gasteiger partial charge in [0.2, 0.25) is 0 Å². The largest absolute Gasteiger partial charge is 0.493 e. The smallest absolute Gasteiger partial charge is 0.126 e. The fourth-order valence-electron chi connectivity index (χ4n) is 2.87. The summed E-state index contributed by atoms with van der Waals surface area (Å²) in [5.41, 5.74) is 4.70. The molecule has 24 heavy (non-hydrogen) atoms. The number of hydrogen-bond donors (Lipinski definition) is 0. The number of likely N-dealkylation sites (N-methyl/N-ethyl adjacent to an activating group) is 1. The molecule has 1 aromatic carbocycles. The first kappa shape index (κ1) is 16.4. The first-order valence-electron chi connectivity index (χ1n) is 8.45. The summed E-state index contributed by atoms with van der Waals surface area (Å²) in [6.45, 7) is 7.82. The normalized spacial score (nSPS) is 15.8. The van der Waals surface area contributed by atoms with Gasteiger partial charge in [0.15, 0.2) is 0 Å². The van der Waals surface area contributed by atoms with Gasteiger partial charge < -0.3 is 9.64 Å². The van der Waals surface area contributed by atoms with Crippen LogP contribution in [-0.4, -0.2) is 34.9 Å². The number of rotatable bonds is 5. The van der Waals surface area contributed by atoms with E-state index in [0.29, 0.717) is 6.61 Å². The minimum atomic E-state index is 0.195. The van der Waals surface area contributed by atoms with Crippen molar-refractivity contribution in [1.29, 1.82) is 0 Å². The lowest BCUT2D eigenvalue weighted by Gasteiger charge is -2.22. The Hall–Kier alpha value is -2.49. The molecule has 0 radical (unpaired) electrons. The van der Waals surface area contributed by atoms with Crippen molar-refractivity contribution in [3.05, 3.63) is 71.4 Å². The standard InChI is InChI=1S/C20H25N3O/c1-5-24-20-10-11-22(4)14-19(20)18-12-21-23(13-18)16(3)17-8-6-15(2)7-9-17/h6-10,12-14,16H,5,11H2,1-4H3. The van der Waals surface area contributed by atoms with Crippen LogP contribution in [0.3, 0.4) is 0 Å². The average molecular weight is 323 g/mol. The van der Waals surface area contributed by atoms with E-state index < -0.39 is 0 Å². The summed E-state index contributed by atoms with van der Waals surface area (Å²) in [4.78, 5) is 2.15. The fourth-order valence-corrected chi connectivity index (χ4v) is 2.87. The Morgan fingerprint density at radius 2 is 2.00 bits per heavy atom. The Labute approximate surface area is 144 Å². The summed E-state index contributed by atoms with van der Waals surface area (Å²) in [6.07, 6.45) is 8.27. The van der Waals surface area contributed by atoms with Gasteiger partial charge in [0.1, 0.15) is 5.76 Å². The van der Waals surface area contributed by atoms with Crippen LogP contribution in [0.5, 0.6) is 0 Å². The minimum Gasteiger partial charge on any atom is -0.493 e. The van der Waals surface area contributed by atoms with Gasteiger partial charge >= 0.3 is 0 Å². The van der Waals surface area contributed by atoms with Crippen LogP contribution in [0.2, 0.25) is 0 Å². The second-order valence-electron chi connectivity index (χ2n) is 6.28. The molecule has 0 bridgehead atoms. The third-order valence-corrected chi connectivity index (χ3v) is 4.35. The number of hydrogen-bond acceptors (Lipinski definition) is 3. The topological polar surface area (TPSA) is 30.3 Å². The Morgan fingerprint density at radius 3 is 2.71 bits per heavy atom. The predicted octanol–water partition coefficient (Wildman–Crippen LogP) is 4.01. The molecule has 1 atom stereocenters. The molecule has 0 saturated carbocycles. The van der Waals surface area contributed by atoms with E-state index in [0.717, 1.165) is 23.4 Å². The van der Waals surface area contributed by atoms with Gasteiger partial charge in [-0.2, -0.15) is 5.10 Å². The van der Waals surface area contributed by atoms with E-state index in [1.54, 1.807) is 0 Å². The third kappa shape index (κ3) is 3.37. The van der Waals surface area contributed by atoms with Crippen LogP contribution in [0.25, 0.3) is 5.57 Å². The molecule has 4 heteroatoms. The SMILES string of the molecule is CCOC1=CCN(C)C=C1c1cnn(C(C)c2ccc(C)cc2)c1. The van der Waals surface area contributed by atoms with E-state index in [1.807, 2.05) is 17.8 Å². The summed E-state index contributed by atoms with van der Waals surface area (Å²) >= 11 is 0. The molecular weight excluding hydrogens is 298 g/mol. The second-order valence-corrected chi connectivity index (χ2v) is 6.28. The molecule has 1 aromatic heterocycles. The maximum absolute atomic E-state index is 5.79. The highest BCUT2D eigenvalue weighted by Gasteiger charge is 2.17. The van der Waals surface area contributed by atoms with Gasteiger partial charge in [-0.05, 0) is 32.4 Å². The van der Waals surface area contributed by atoms with E-state index in [1.165, 1.54) is 11.1 Å². The van der Waals surface area contributed by atoms with Crippen molar-refractivity contribution in [3.63, 3.8) is 0 Å². The van der Waals surface area contributed by atoms with Crippen LogP contribution in [0.4, 0.5) is 0 Å². The van der Waals surface area contributed by atoms with E-state index in [9.17, 15) is 0 Å². The molecule has 0 N–H and O–H groups in total. The van der Waals surface area contributed by atoms with Crippen molar-refractivity contribution in [2.75, 3.05) is 20.2 Å². The molecule has 4 nitrogen and oxygen atoms in total. The highest BCUT2D eigenvalue weighted by Crippen LogP contribution is 2.28. The van der Waals surface area contributed by atoms with Crippen molar-refractivity contribution >= 4 is 5.57 Å². The highest BCUT2D eigenvalue weighted by atomic mass is 16.5. The van der Waals surface area contributed by atoms with E-state index >= 15 is 0 Å². The van der Waals surface area contributed by atoms with E-state index in [2.05, 4.69) is 73.6 Å². The third-order valence-electron chi connectivity index (χ3n) is 4.35. The maximum atomic E-state index is 5.79. The molecule has 2 heterocycles. The van der Waals surface area contributed by atoms with Crippen molar-refractivity contribution < 1.29 is 4.74 Å². The molecule has 0 spiro atoms. The number of benzene rings is 1. The molecule has 1 aliphatic rings. The van der Waals surface area contributed by atoms with Crippen LogP contribution >= 0.6 is 0 Å². The maximum Gasteiger partial charge on any atom is 0.126 e. The lowest BCUT2D eigenvalue weighted by Crippen LogP contribution is -2.17. The van der Waals surface area contributed by atoms with Crippen LogP contribution in [0.1, 0.15) is 36.6 Å². The molecule has 1 unspecified atom stereocenters. The van der Waals surface area contributed by atoms with Gasteiger partial charge in [0, 0.05) is 37.1 Å². The summed E-state index contributed by atoms with van der Waals surface area (Å²) < 4.78 is 7.81. The van der Waals surface area contributed by atoms with Crippen molar-refractivity contribution in [1.82, 2.24) is 14.7 Å². The van der Waals surface area contributed by atoms with Gasteiger partial charge in [-0.3, -0.25) is 4.68 Å². The number of aryl methyl sites for hydroxylation is 1. The van der Waals surface area contributed by atoms with Gasteiger partial charge in [-0.1, -0.05) is 29.8 Å². The predicted molar refractivity (Wildman–Crippen MR) is 97.5 cm³/mol. The number of nitrogens with zero attached hydrogens (tertiary/aromatic N) is 3. The highest BCUT2D eigenvalue weighted by molar-refractivity contribution is 5.77. The molecule has 3 rings (SSSR count). The Kier molecular flexibility index (Phi) is 4.74. The first-order chi connectivity index (χ1) is 11.6. The Balaban J connectivity index is 1.86. The molecule has 0 aliphatic carbocycles. The first-order valence-corrected chi connectivity index (χ1v) is 8.45. The van der Waals surface area contributed by atoms with Crippen LogP contribution < -0.4 is 0 Å². The summed E-state index contributed by atoms with van der Waals surface area (Å²) in [5, 5.41) is 4.58. The van der Waals surface area contributed by atoms with Crippen LogP contribution in [-0.2, 0) is 4.74 Å². The molecule has 2 aromatic rings. The fraction of sp³-hybridized carbons (Fsp3) is 0.350. The summed E-state index contributed by atoms with van der Waals surface area (Å²) in [7, 11) is 2.07. The molecular formula is C20H25N3O. The average Bonchev–Trinajstić information content (AvgIpc) is 3.06. The van der Waals surface area contributed by atoms with Crippen LogP contribution in [0.15, 0.2) is 54.7 Å². The van der Waals surface area contributed by atoms with Gasteiger partial charge in [-0.15, -0.1) is 0 Å². The zero-order valence-electron chi connectivity index (χ0n) is 14.9. The van der Waals surface area contributed by atoms with Crippen molar-refractivity contribution in [3.8, 4) is 0 Å². The lowest BCUT2D eigenvalue weighted by molar-refractivity contribution is 0.240. The van der Waals surface area contributed by atoms with Gasteiger partial charge in [0.25, 0.3) is 0 Å². The molecule has 1 aliphatic heterocycles. The summed E-state index contributed by atoms with van der Waals surface area (Å²) in [6, 6.07) is 8.82. The van der Waals surface area contributed by atoms with Crippen molar-refractivity contribution in [2.45, 2.75) is 26.8 Å². The molecule has 0 amide bonds. The molecule has 0 fully saturated rings.